The Labute approximate surface area is 105 Å². The van der Waals surface area contributed by atoms with Crippen molar-refractivity contribution in [3.8, 4) is 5.75 Å². The summed E-state index contributed by atoms with van der Waals surface area (Å²) in [6.45, 7) is 3.51. The Morgan fingerprint density at radius 3 is 2.61 bits per heavy atom. The molecule has 0 saturated heterocycles. The molecule has 0 aliphatic carbocycles. The smallest absolute Gasteiger partial charge is 0.258 e. The van der Waals surface area contributed by atoms with Crippen molar-refractivity contribution in [2.24, 2.45) is 5.73 Å². The van der Waals surface area contributed by atoms with Gasteiger partial charge in [-0.3, -0.25) is 9.59 Å². The fourth-order valence-corrected chi connectivity index (χ4v) is 1.37. The van der Waals surface area contributed by atoms with Crippen LogP contribution in [0.5, 0.6) is 5.75 Å². The molecule has 18 heavy (non-hydrogen) atoms. The summed E-state index contributed by atoms with van der Waals surface area (Å²) < 4.78 is 5.25. The molecule has 6 heteroatoms. The molecular formula is C12H17N3O3. The van der Waals surface area contributed by atoms with Gasteiger partial charge >= 0.3 is 0 Å². The van der Waals surface area contributed by atoms with Crippen LogP contribution in [0.25, 0.3) is 0 Å². The summed E-state index contributed by atoms with van der Waals surface area (Å²) in [7, 11) is 0. The first-order chi connectivity index (χ1) is 8.40. The van der Waals surface area contributed by atoms with Crippen molar-refractivity contribution in [2.45, 2.75) is 19.9 Å². The topological polar surface area (TPSA) is 107 Å². The van der Waals surface area contributed by atoms with Crippen molar-refractivity contribution in [3.05, 3.63) is 23.8 Å². The molecule has 0 aliphatic heterocycles. The number of nitrogen functional groups attached to an aromatic ring is 1. The number of carbonyl (C=O) groups excluding carboxylic acids is 2. The Hall–Kier alpha value is -2.24. The van der Waals surface area contributed by atoms with Crippen LogP contribution in [0.1, 0.15) is 24.2 Å². The number of rotatable bonds is 5. The van der Waals surface area contributed by atoms with Gasteiger partial charge in [0.1, 0.15) is 5.75 Å². The number of primary amides is 1. The molecule has 5 N–H and O–H groups in total. The second-order valence-corrected chi connectivity index (χ2v) is 4.13. The maximum absolute atomic E-state index is 11.4. The largest absolute Gasteiger partial charge is 0.483 e. The molecule has 6 nitrogen and oxygen atoms in total. The summed E-state index contributed by atoms with van der Waals surface area (Å²) in [6, 6.07) is 4.53. The van der Waals surface area contributed by atoms with E-state index in [4.69, 9.17) is 16.2 Å². The van der Waals surface area contributed by atoms with Gasteiger partial charge in [-0.1, -0.05) is 0 Å². The average molecular weight is 251 g/mol. The molecule has 0 aliphatic rings. The van der Waals surface area contributed by atoms with E-state index in [1.165, 1.54) is 12.1 Å². The van der Waals surface area contributed by atoms with Gasteiger partial charge in [-0.2, -0.15) is 0 Å². The standard InChI is InChI=1S/C12H17N3O3/c1-7(2)15-11(16)6-18-10-4-3-8(13)5-9(10)12(14)17/h3-5,7H,6,13H2,1-2H3,(H2,14,17)(H,15,16). The quantitative estimate of drug-likeness (QED) is 0.653. The van der Waals surface area contributed by atoms with Gasteiger partial charge in [-0.05, 0) is 32.0 Å². The number of benzene rings is 1. The summed E-state index contributed by atoms with van der Waals surface area (Å²) >= 11 is 0. The van der Waals surface area contributed by atoms with E-state index in [1.807, 2.05) is 13.8 Å². The second-order valence-electron chi connectivity index (χ2n) is 4.13. The minimum Gasteiger partial charge on any atom is -0.483 e. The van der Waals surface area contributed by atoms with E-state index in [-0.39, 0.29) is 29.9 Å². The van der Waals surface area contributed by atoms with Crippen LogP contribution in [0.3, 0.4) is 0 Å². The summed E-state index contributed by atoms with van der Waals surface area (Å²) in [5.41, 5.74) is 11.3. The first-order valence-electron chi connectivity index (χ1n) is 5.51. The molecule has 1 aromatic rings. The highest BCUT2D eigenvalue weighted by Crippen LogP contribution is 2.20. The Bertz CT molecular complexity index is 458. The fourth-order valence-electron chi connectivity index (χ4n) is 1.37. The second kappa shape index (κ2) is 5.90. The van der Waals surface area contributed by atoms with Gasteiger partial charge in [0.15, 0.2) is 6.61 Å². The van der Waals surface area contributed by atoms with Gasteiger partial charge in [-0.15, -0.1) is 0 Å². The molecule has 2 amide bonds. The molecule has 0 atom stereocenters. The Balaban J connectivity index is 2.73. The third kappa shape index (κ3) is 3.97. The van der Waals surface area contributed by atoms with Crippen LogP contribution in [0.15, 0.2) is 18.2 Å². The van der Waals surface area contributed by atoms with E-state index in [0.717, 1.165) is 0 Å². The van der Waals surface area contributed by atoms with Crippen LogP contribution in [0.4, 0.5) is 5.69 Å². The number of carbonyl (C=O) groups is 2. The monoisotopic (exact) mass is 251 g/mol. The molecule has 1 rings (SSSR count). The summed E-state index contributed by atoms with van der Waals surface area (Å²) in [4.78, 5) is 22.6. The Morgan fingerprint density at radius 1 is 1.39 bits per heavy atom. The molecule has 0 radical (unpaired) electrons. The molecular weight excluding hydrogens is 234 g/mol. The Kier molecular flexibility index (Phi) is 4.53. The maximum atomic E-state index is 11.4. The first kappa shape index (κ1) is 13.8. The van der Waals surface area contributed by atoms with Crippen LogP contribution in [0, 0.1) is 0 Å². The number of nitrogens with two attached hydrogens (primary N) is 2. The molecule has 1 aromatic carbocycles. The summed E-state index contributed by atoms with van der Waals surface area (Å²) in [6.07, 6.45) is 0. The van der Waals surface area contributed by atoms with Crippen molar-refractivity contribution in [2.75, 3.05) is 12.3 Å². The minimum absolute atomic E-state index is 0.0307. The molecule has 0 fully saturated rings. The number of nitrogens with one attached hydrogen (secondary N) is 1. The number of hydrogen-bond donors (Lipinski definition) is 3. The van der Waals surface area contributed by atoms with E-state index >= 15 is 0 Å². The van der Waals surface area contributed by atoms with Crippen molar-refractivity contribution in [1.82, 2.24) is 5.32 Å². The molecule has 0 heterocycles. The third-order valence-electron chi connectivity index (χ3n) is 2.08. The number of hydrogen-bond acceptors (Lipinski definition) is 4. The van der Waals surface area contributed by atoms with Crippen molar-refractivity contribution < 1.29 is 14.3 Å². The predicted octanol–water partition coefficient (Wildman–Crippen LogP) is 0.271. The SMILES string of the molecule is CC(C)NC(=O)COc1ccc(N)cc1C(N)=O. The van der Waals surface area contributed by atoms with E-state index in [1.54, 1.807) is 6.07 Å². The van der Waals surface area contributed by atoms with Crippen molar-refractivity contribution in [3.63, 3.8) is 0 Å². The van der Waals surface area contributed by atoms with E-state index in [9.17, 15) is 9.59 Å². The van der Waals surface area contributed by atoms with E-state index < -0.39 is 5.91 Å². The Morgan fingerprint density at radius 2 is 2.06 bits per heavy atom. The van der Waals surface area contributed by atoms with Gasteiger partial charge in [0.25, 0.3) is 11.8 Å². The highest BCUT2D eigenvalue weighted by atomic mass is 16.5. The van der Waals surface area contributed by atoms with Crippen molar-refractivity contribution in [1.29, 1.82) is 0 Å². The number of anilines is 1. The third-order valence-corrected chi connectivity index (χ3v) is 2.08. The molecule has 0 unspecified atom stereocenters. The lowest BCUT2D eigenvalue weighted by molar-refractivity contribution is -0.123. The van der Waals surface area contributed by atoms with Gasteiger partial charge in [0.2, 0.25) is 0 Å². The lowest BCUT2D eigenvalue weighted by atomic mass is 10.1. The molecule has 0 bridgehead atoms. The summed E-state index contributed by atoms with van der Waals surface area (Å²) in [5.74, 6) is -0.672. The van der Waals surface area contributed by atoms with Crippen LogP contribution >= 0.6 is 0 Å². The van der Waals surface area contributed by atoms with E-state index in [0.29, 0.717) is 5.69 Å². The van der Waals surface area contributed by atoms with Gasteiger partial charge in [0, 0.05) is 11.7 Å². The first-order valence-corrected chi connectivity index (χ1v) is 5.51. The zero-order chi connectivity index (χ0) is 13.7. The molecule has 98 valence electrons. The zero-order valence-corrected chi connectivity index (χ0v) is 10.4. The van der Waals surface area contributed by atoms with Crippen molar-refractivity contribution >= 4 is 17.5 Å². The number of ether oxygens (including phenoxy) is 1. The summed E-state index contributed by atoms with van der Waals surface area (Å²) in [5, 5.41) is 2.67. The highest BCUT2D eigenvalue weighted by Gasteiger charge is 2.11. The van der Waals surface area contributed by atoms with Crippen LogP contribution in [-0.4, -0.2) is 24.5 Å². The fraction of sp³-hybridized carbons (Fsp3) is 0.333. The van der Waals surface area contributed by atoms with Gasteiger partial charge < -0.3 is 21.5 Å². The molecule has 0 spiro atoms. The highest BCUT2D eigenvalue weighted by molar-refractivity contribution is 5.96. The van der Waals surface area contributed by atoms with Crippen LogP contribution in [0.2, 0.25) is 0 Å². The normalized spacial score (nSPS) is 10.2. The number of amides is 2. The molecule has 0 saturated carbocycles. The van der Waals surface area contributed by atoms with Gasteiger partial charge in [0.05, 0.1) is 5.56 Å². The van der Waals surface area contributed by atoms with E-state index in [2.05, 4.69) is 5.32 Å². The lowest BCUT2D eigenvalue weighted by Gasteiger charge is -2.11. The average Bonchev–Trinajstić information content (AvgIpc) is 2.26. The maximum Gasteiger partial charge on any atom is 0.258 e. The van der Waals surface area contributed by atoms with Crippen LogP contribution in [-0.2, 0) is 4.79 Å². The minimum atomic E-state index is -0.651. The van der Waals surface area contributed by atoms with Crippen LogP contribution < -0.4 is 21.5 Å². The lowest BCUT2D eigenvalue weighted by Crippen LogP contribution is -2.34. The zero-order valence-electron chi connectivity index (χ0n) is 10.4. The molecule has 0 aromatic heterocycles. The predicted molar refractivity (Wildman–Crippen MR) is 68.1 cm³/mol. The van der Waals surface area contributed by atoms with Gasteiger partial charge in [-0.25, -0.2) is 0 Å².